The zero-order valence-electron chi connectivity index (χ0n) is 17.1. The number of nitrogens with zero attached hydrogens (tertiary/aromatic N) is 1. The Morgan fingerprint density at radius 2 is 1.61 bits per heavy atom. The van der Waals surface area contributed by atoms with Crippen molar-refractivity contribution in [2.75, 3.05) is 13.1 Å². The summed E-state index contributed by atoms with van der Waals surface area (Å²) in [6, 6.07) is 0. The number of carbonyl (C=O) groups is 1. The van der Waals surface area contributed by atoms with Crippen molar-refractivity contribution in [1.29, 1.82) is 0 Å². The van der Waals surface area contributed by atoms with E-state index in [2.05, 4.69) is 4.90 Å². The molecule has 2 aliphatic heterocycles. The topological polar surface area (TPSA) is 48.0 Å². The zero-order valence-corrected chi connectivity index (χ0v) is 17.1. The van der Waals surface area contributed by atoms with Crippen LogP contribution in [0.1, 0.15) is 83.5 Å². The summed E-state index contributed by atoms with van der Waals surface area (Å²) in [4.78, 5) is 27.1. The molecule has 7 fully saturated rings. The molecule has 5 heteroatoms. The summed E-state index contributed by atoms with van der Waals surface area (Å²) >= 11 is 0. The molecule has 2 heterocycles. The number of amides is 1. The number of piperidine rings is 1. The Bertz CT molecular complexity index is 602. The van der Waals surface area contributed by atoms with Gasteiger partial charge < -0.3 is 9.64 Å². The van der Waals surface area contributed by atoms with Crippen LogP contribution in [0, 0.1) is 29.6 Å². The summed E-state index contributed by atoms with van der Waals surface area (Å²) < 4.78 is 6.84. The minimum atomic E-state index is -0.597. The Morgan fingerprint density at radius 3 is 2.32 bits per heavy atom. The van der Waals surface area contributed by atoms with E-state index >= 15 is 0 Å². The summed E-state index contributed by atoms with van der Waals surface area (Å²) in [5, 5.41) is 0. The van der Waals surface area contributed by atoms with Crippen molar-refractivity contribution in [3.8, 4) is 0 Å². The molecule has 5 saturated carbocycles. The van der Waals surface area contributed by atoms with Crippen molar-refractivity contribution in [2.45, 2.75) is 95.0 Å². The Kier molecular flexibility index (Phi) is 4.33. The van der Waals surface area contributed by atoms with Gasteiger partial charge in [0.25, 0.3) is 0 Å². The Labute approximate surface area is 168 Å². The van der Waals surface area contributed by atoms with Crippen LogP contribution in [0.15, 0.2) is 0 Å². The first-order chi connectivity index (χ1) is 13.6. The molecule has 2 saturated heterocycles. The Morgan fingerprint density at radius 1 is 0.893 bits per heavy atom. The highest BCUT2D eigenvalue weighted by molar-refractivity contribution is 5.76. The summed E-state index contributed by atoms with van der Waals surface area (Å²) in [5.41, 5.74) is 0. The van der Waals surface area contributed by atoms with Crippen LogP contribution in [0.4, 0.5) is 0 Å². The molecule has 2 atom stereocenters. The molecule has 28 heavy (non-hydrogen) atoms. The summed E-state index contributed by atoms with van der Waals surface area (Å²) in [7, 11) is 0. The molecule has 2 spiro atoms. The van der Waals surface area contributed by atoms with Crippen molar-refractivity contribution < 1.29 is 19.3 Å². The molecule has 4 bridgehead atoms. The summed E-state index contributed by atoms with van der Waals surface area (Å²) in [6.07, 6.45) is 14.6. The highest BCUT2D eigenvalue weighted by Crippen LogP contribution is 2.64. The minimum Gasteiger partial charge on any atom is -0.343 e. The van der Waals surface area contributed by atoms with E-state index in [1.807, 2.05) is 0 Å². The predicted molar refractivity (Wildman–Crippen MR) is 103 cm³/mol. The second kappa shape index (κ2) is 6.68. The van der Waals surface area contributed by atoms with Gasteiger partial charge in [-0.3, -0.25) is 4.79 Å². The third-order valence-corrected chi connectivity index (χ3v) is 8.89. The fourth-order valence-corrected chi connectivity index (χ4v) is 7.78. The molecule has 0 N–H and O–H groups in total. The molecule has 5 nitrogen and oxygen atoms in total. The number of hydrogen-bond acceptors (Lipinski definition) is 4. The van der Waals surface area contributed by atoms with Gasteiger partial charge in [0, 0.05) is 44.2 Å². The van der Waals surface area contributed by atoms with Gasteiger partial charge in [-0.15, -0.1) is 0 Å². The average Bonchev–Trinajstić information content (AvgIpc) is 3.06. The highest BCUT2D eigenvalue weighted by Gasteiger charge is 2.67. The normalized spacial score (nSPS) is 50.0. The van der Waals surface area contributed by atoms with Crippen LogP contribution < -0.4 is 0 Å². The first-order valence-electron chi connectivity index (χ1n) is 12.0. The van der Waals surface area contributed by atoms with Crippen LogP contribution in [0.3, 0.4) is 0 Å². The third kappa shape index (κ3) is 2.87. The van der Waals surface area contributed by atoms with Gasteiger partial charge in [-0.1, -0.05) is 0 Å². The number of rotatable bonds is 2. The molecule has 5 aliphatic carbocycles. The van der Waals surface area contributed by atoms with Crippen LogP contribution >= 0.6 is 0 Å². The van der Waals surface area contributed by atoms with Gasteiger partial charge in [-0.05, 0) is 82.0 Å². The predicted octanol–water partition coefficient (Wildman–Crippen LogP) is 4.41. The first-order valence-corrected chi connectivity index (χ1v) is 12.0. The lowest BCUT2D eigenvalue weighted by Crippen LogP contribution is -2.59. The second-order valence-electron chi connectivity index (χ2n) is 10.8. The lowest BCUT2D eigenvalue weighted by Gasteiger charge is -2.57. The van der Waals surface area contributed by atoms with Crippen molar-refractivity contribution in [2.24, 2.45) is 29.6 Å². The van der Waals surface area contributed by atoms with Crippen molar-refractivity contribution >= 4 is 5.91 Å². The maximum Gasteiger partial charge on any atom is 0.222 e. The number of hydrogen-bond donors (Lipinski definition) is 0. The van der Waals surface area contributed by atoms with Crippen LogP contribution in [0.5, 0.6) is 0 Å². The van der Waals surface area contributed by atoms with Gasteiger partial charge in [0.2, 0.25) is 17.5 Å². The van der Waals surface area contributed by atoms with Gasteiger partial charge in [-0.2, -0.15) is 9.78 Å². The third-order valence-electron chi connectivity index (χ3n) is 8.89. The quantitative estimate of drug-likeness (QED) is 0.657. The Balaban J connectivity index is 1.14. The van der Waals surface area contributed by atoms with E-state index in [0.717, 1.165) is 63.5 Å². The summed E-state index contributed by atoms with van der Waals surface area (Å²) in [5.74, 6) is 2.42. The van der Waals surface area contributed by atoms with Crippen molar-refractivity contribution in [3.63, 3.8) is 0 Å². The number of ether oxygens (including phenoxy) is 1. The van der Waals surface area contributed by atoms with E-state index < -0.39 is 11.6 Å². The maximum atomic E-state index is 12.8. The fourth-order valence-electron chi connectivity index (χ4n) is 7.78. The molecule has 1 unspecified atom stereocenters. The SMILES string of the molecule is O=C(CC1CCC[C@]2(C1)OOC1(O2)C2CC3CC(C2)CC1C3)N1CCCCC1. The van der Waals surface area contributed by atoms with Crippen molar-refractivity contribution in [3.05, 3.63) is 0 Å². The standard InChI is InChI=1S/C23H35NO4/c25-21(24-7-2-1-3-8-24)14-16-5-4-6-22(15-16)26-23(28-27-22)19-10-17-9-18(12-19)13-20(23)11-17/h16-20H,1-15H2/t16?,17?,18?,19?,20?,22-,23?/m1/s1. The fraction of sp³-hybridized carbons (Fsp3) is 0.957. The monoisotopic (exact) mass is 389 g/mol. The van der Waals surface area contributed by atoms with Crippen LogP contribution in [-0.2, 0) is 19.3 Å². The van der Waals surface area contributed by atoms with E-state index in [1.165, 1.54) is 38.5 Å². The molecule has 1 amide bonds. The van der Waals surface area contributed by atoms with Gasteiger partial charge in [0.1, 0.15) is 0 Å². The van der Waals surface area contributed by atoms with Gasteiger partial charge >= 0.3 is 0 Å². The number of carbonyl (C=O) groups excluding carboxylic acids is 1. The lowest BCUT2D eigenvalue weighted by molar-refractivity contribution is -0.390. The van der Waals surface area contributed by atoms with Gasteiger partial charge in [0.05, 0.1) is 0 Å². The lowest BCUT2D eigenvalue weighted by atomic mass is 9.53. The van der Waals surface area contributed by atoms with E-state index in [1.54, 1.807) is 0 Å². The van der Waals surface area contributed by atoms with E-state index in [9.17, 15) is 4.79 Å². The highest BCUT2D eigenvalue weighted by atomic mass is 17.3. The molecule has 0 aromatic carbocycles. The first kappa shape index (κ1) is 18.1. The van der Waals surface area contributed by atoms with Crippen LogP contribution in [0.2, 0.25) is 0 Å². The summed E-state index contributed by atoms with van der Waals surface area (Å²) in [6.45, 7) is 1.89. The van der Waals surface area contributed by atoms with E-state index in [0.29, 0.717) is 30.1 Å². The smallest absolute Gasteiger partial charge is 0.222 e. The molecule has 0 aromatic heterocycles. The van der Waals surface area contributed by atoms with Crippen LogP contribution in [0.25, 0.3) is 0 Å². The molecular weight excluding hydrogens is 354 g/mol. The molecule has 0 radical (unpaired) electrons. The number of likely N-dealkylation sites (tertiary alicyclic amines) is 1. The zero-order chi connectivity index (χ0) is 18.8. The second-order valence-corrected chi connectivity index (χ2v) is 10.8. The minimum absolute atomic E-state index is 0.338. The van der Waals surface area contributed by atoms with Gasteiger partial charge in [-0.25, -0.2) is 0 Å². The van der Waals surface area contributed by atoms with Crippen LogP contribution in [-0.4, -0.2) is 35.5 Å². The van der Waals surface area contributed by atoms with Crippen molar-refractivity contribution in [1.82, 2.24) is 4.90 Å². The molecule has 156 valence electrons. The molecular formula is C23H35NO4. The van der Waals surface area contributed by atoms with Gasteiger partial charge in [0.15, 0.2) is 0 Å². The Hall–Kier alpha value is -0.650. The largest absolute Gasteiger partial charge is 0.343 e. The molecule has 7 rings (SSSR count). The van der Waals surface area contributed by atoms with E-state index in [4.69, 9.17) is 14.5 Å². The molecule has 7 aliphatic rings. The van der Waals surface area contributed by atoms with E-state index in [-0.39, 0.29) is 0 Å². The maximum absolute atomic E-state index is 12.8. The molecule has 0 aromatic rings. The average molecular weight is 390 g/mol.